The fourth-order valence-corrected chi connectivity index (χ4v) is 18.1. The van der Waals surface area contributed by atoms with Gasteiger partial charge in [-0.2, -0.15) is 0 Å². The summed E-state index contributed by atoms with van der Waals surface area (Å²) in [6.07, 6.45) is 10.1. The quantitative estimate of drug-likeness (QED) is 0.248. The summed E-state index contributed by atoms with van der Waals surface area (Å²) < 4.78 is 20.8. The third-order valence-electron chi connectivity index (χ3n) is 8.33. The lowest BCUT2D eigenvalue weighted by Crippen LogP contribution is -2.65. The predicted octanol–water partition coefficient (Wildman–Crippen LogP) is 6.75. The molecule has 6 heteroatoms. The molecule has 0 aliphatic carbocycles. The molecule has 1 aliphatic rings. The molecule has 34 heavy (non-hydrogen) atoms. The highest BCUT2D eigenvalue weighted by Crippen LogP contribution is 2.48. The average Bonchev–Trinajstić information content (AvgIpc) is 2.73. The Bertz CT molecular complexity index is 673. The minimum absolute atomic E-state index is 0.194. The van der Waals surface area contributed by atoms with Crippen LogP contribution in [-0.4, -0.2) is 52.8 Å². The zero-order chi connectivity index (χ0) is 26.6. The second kappa shape index (κ2) is 12.6. The smallest absolute Gasteiger partial charge is 0.201 e. The average molecular weight is 509 g/mol. The molecule has 1 N–H and O–H groups in total. The molecule has 0 aromatic carbocycles. The zero-order valence-corrected chi connectivity index (χ0v) is 25.9. The van der Waals surface area contributed by atoms with Gasteiger partial charge in [0.1, 0.15) is 12.2 Å². The van der Waals surface area contributed by atoms with Crippen molar-refractivity contribution in [3.63, 3.8) is 0 Å². The lowest BCUT2D eigenvalue weighted by molar-refractivity contribution is -0.169. The lowest BCUT2D eigenvalue weighted by Gasteiger charge is -2.54. The van der Waals surface area contributed by atoms with E-state index in [1.165, 1.54) is 0 Å². The van der Waals surface area contributed by atoms with Crippen molar-refractivity contribution in [2.45, 2.75) is 141 Å². The Balaban J connectivity index is 3.79. The second-order valence-corrected chi connectivity index (χ2v) is 22.8. The number of hydrogen-bond acceptors (Lipinski definition) is 4. The van der Waals surface area contributed by atoms with Crippen LogP contribution >= 0.6 is 0 Å². The Kier molecular flexibility index (Phi) is 11.6. The van der Waals surface area contributed by atoms with Gasteiger partial charge in [-0.1, -0.05) is 94.9 Å². The summed E-state index contributed by atoms with van der Waals surface area (Å²) >= 11 is 0. The van der Waals surface area contributed by atoms with Gasteiger partial charge >= 0.3 is 0 Å². The van der Waals surface area contributed by atoms with Crippen LogP contribution in [0.5, 0.6) is 0 Å². The summed E-state index contributed by atoms with van der Waals surface area (Å²) in [5, 5.41) is 10.2. The molecule has 1 heterocycles. The number of ether oxygens (including phenoxy) is 1. The van der Waals surface area contributed by atoms with E-state index in [9.17, 15) is 5.11 Å². The monoisotopic (exact) mass is 508 g/mol. The van der Waals surface area contributed by atoms with Gasteiger partial charge in [0.15, 0.2) is 0 Å². The van der Waals surface area contributed by atoms with Gasteiger partial charge in [0.2, 0.25) is 16.6 Å². The Morgan fingerprint density at radius 2 is 1.03 bits per heavy atom. The first-order valence-corrected chi connectivity index (χ1v) is 17.5. The Labute approximate surface area is 213 Å². The molecule has 1 rings (SSSR count). The molecule has 0 unspecified atom stereocenters. The topological polar surface area (TPSA) is 47.9 Å². The highest BCUT2D eigenvalue weighted by molar-refractivity contribution is 6.78. The Morgan fingerprint density at radius 1 is 0.676 bits per heavy atom. The van der Waals surface area contributed by atoms with Crippen molar-refractivity contribution in [2.75, 3.05) is 6.61 Å². The highest BCUT2D eigenvalue weighted by atomic mass is 28.4. The van der Waals surface area contributed by atoms with Crippen molar-refractivity contribution in [1.29, 1.82) is 0 Å². The maximum atomic E-state index is 10.2. The van der Waals surface area contributed by atoms with Crippen molar-refractivity contribution in [1.82, 2.24) is 0 Å². The summed E-state index contributed by atoms with van der Waals surface area (Å²) in [6, 6.07) is 0. The molecule has 196 valence electrons. The molecule has 1 aliphatic heterocycles. The number of terminal acetylenes is 2. The van der Waals surface area contributed by atoms with Crippen LogP contribution in [0.25, 0.3) is 0 Å². The summed E-state index contributed by atoms with van der Waals surface area (Å²) in [7, 11) is -4.64. The number of hydrogen-bond donors (Lipinski definition) is 1. The Hall–Kier alpha value is -0.606. The van der Waals surface area contributed by atoms with Gasteiger partial charge < -0.3 is 18.7 Å². The fourth-order valence-electron chi connectivity index (χ4n) is 6.99. The van der Waals surface area contributed by atoms with Crippen molar-refractivity contribution < 1.29 is 18.7 Å². The number of aliphatic hydroxyl groups is 1. The van der Waals surface area contributed by atoms with E-state index in [-0.39, 0.29) is 6.61 Å². The predicted molar refractivity (Wildman–Crippen MR) is 149 cm³/mol. The van der Waals surface area contributed by atoms with Crippen LogP contribution in [0, 0.1) is 30.6 Å². The van der Waals surface area contributed by atoms with E-state index in [4.69, 9.17) is 26.4 Å². The number of aliphatic hydroxyl groups excluding tert-OH is 1. The van der Waals surface area contributed by atoms with Crippen molar-refractivity contribution in [3.05, 3.63) is 0 Å². The summed E-state index contributed by atoms with van der Waals surface area (Å²) in [5.74, 6) is 5.33. The first kappa shape index (κ1) is 31.4. The molecular formula is C28H52O4Si2. The molecule has 1 saturated heterocycles. The second-order valence-electron chi connectivity index (χ2n) is 11.9. The highest BCUT2D eigenvalue weighted by Gasteiger charge is 2.56. The van der Waals surface area contributed by atoms with E-state index in [1.807, 2.05) is 0 Å². The maximum Gasteiger partial charge on any atom is 0.201 e. The minimum Gasteiger partial charge on any atom is -0.409 e. The van der Waals surface area contributed by atoms with Crippen LogP contribution in [0.3, 0.4) is 0 Å². The van der Waals surface area contributed by atoms with E-state index < -0.39 is 47.0 Å². The summed E-state index contributed by atoms with van der Waals surface area (Å²) in [4.78, 5) is 0. The first-order chi connectivity index (χ1) is 15.7. The lowest BCUT2D eigenvalue weighted by atomic mass is 9.87. The molecule has 0 radical (unpaired) electrons. The van der Waals surface area contributed by atoms with Crippen LogP contribution in [-0.2, 0) is 13.6 Å². The fraction of sp³-hybridized carbons (Fsp3) is 0.857. The third-order valence-corrected chi connectivity index (χ3v) is 20.5. The van der Waals surface area contributed by atoms with Gasteiger partial charge in [-0.25, -0.2) is 0 Å². The van der Waals surface area contributed by atoms with Crippen molar-refractivity contribution in [2.24, 2.45) is 5.92 Å². The molecule has 0 spiro atoms. The summed E-state index contributed by atoms with van der Waals surface area (Å²) in [6.45, 7) is 27.0. The molecule has 0 bridgehead atoms. The number of rotatable bonds is 11. The van der Waals surface area contributed by atoms with E-state index in [2.05, 4.69) is 94.9 Å². The van der Waals surface area contributed by atoms with Crippen molar-refractivity contribution >= 4 is 16.6 Å². The SMILES string of the molecule is C#C[C@H]1[C@H](O[Si](C(C)C)(C(C)C)C(C)C)[C@H](O[Si](C(C)C)(C(C)C)C(C)C)[C@@H](C#C)O[C@@H]1CO. The molecular weight excluding hydrogens is 456 g/mol. The molecule has 0 amide bonds. The van der Waals surface area contributed by atoms with Crippen molar-refractivity contribution in [3.8, 4) is 24.7 Å². The van der Waals surface area contributed by atoms with Crippen LogP contribution in [0.4, 0.5) is 0 Å². The zero-order valence-electron chi connectivity index (χ0n) is 23.9. The van der Waals surface area contributed by atoms with E-state index in [0.717, 1.165) is 0 Å². The normalized spacial score (nSPS) is 26.7. The van der Waals surface area contributed by atoms with Gasteiger partial charge in [0.05, 0.1) is 24.7 Å². The molecule has 1 fully saturated rings. The molecule has 4 nitrogen and oxygen atoms in total. The Morgan fingerprint density at radius 3 is 1.29 bits per heavy atom. The van der Waals surface area contributed by atoms with E-state index in [0.29, 0.717) is 33.2 Å². The van der Waals surface area contributed by atoms with Gasteiger partial charge in [-0.3, -0.25) is 0 Å². The molecule has 0 aromatic rings. The van der Waals surface area contributed by atoms with Gasteiger partial charge in [0.25, 0.3) is 0 Å². The standard InChI is InChI=1S/C28H52O4Si2/c1-15-24-26(17-29)30-25(16-2)28(32-34(21(9)10,22(11)12)23(13)14)27(24)31-33(18(3)4,19(5)6)20(7)8/h1-2,18-29H,17H2,3-14H3/t24-,25-,26-,27+,28-/m1/s1. The molecule has 0 aromatic heterocycles. The largest absolute Gasteiger partial charge is 0.409 e. The van der Waals surface area contributed by atoms with Gasteiger partial charge in [0, 0.05) is 0 Å². The molecule has 0 saturated carbocycles. The van der Waals surface area contributed by atoms with Crippen LogP contribution < -0.4 is 0 Å². The first-order valence-electron chi connectivity index (χ1n) is 13.2. The molecule has 5 atom stereocenters. The summed E-state index contributed by atoms with van der Waals surface area (Å²) in [5.41, 5.74) is 2.30. The van der Waals surface area contributed by atoms with Crippen LogP contribution in [0.2, 0.25) is 33.2 Å². The van der Waals surface area contributed by atoms with Crippen LogP contribution in [0.1, 0.15) is 83.1 Å². The maximum absolute atomic E-state index is 10.2. The van der Waals surface area contributed by atoms with Gasteiger partial charge in [-0.05, 0) is 33.2 Å². The third kappa shape index (κ3) is 5.69. The van der Waals surface area contributed by atoms with E-state index >= 15 is 0 Å². The van der Waals surface area contributed by atoms with Crippen LogP contribution in [0.15, 0.2) is 0 Å². The minimum atomic E-state index is -2.32. The van der Waals surface area contributed by atoms with Gasteiger partial charge in [-0.15, -0.1) is 12.8 Å². The van der Waals surface area contributed by atoms with E-state index in [1.54, 1.807) is 0 Å².